The summed E-state index contributed by atoms with van der Waals surface area (Å²) in [7, 11) is 0. The van der Waals surface area contributed by atoms with Crippen LogP contribution in [0.1, 0.15) is 22.1 Å². The quantitative estimate of drug-likeness (QED) is 0.443. The van der Waals surface area contributed by atoms with Gasteiger partial charge in [0.15, 0.2) is 0 Å². The average molecular weight is 382 g/mol. The second-order valence-corrected chi connectivity index (χ2v) is 5.97. The molecular weight excluding hydrogens is 372 g/mol. The second-order valence-electron chi connectivity index (χ2n) is 4.53. The number of halogens is 6. The number of hydrogen-bond donors (Lipinski definition) is 0. The molecule has 0 heterocycles. The van der Waals surface area contributed by atoms with E-state index in [1.54, 1.807) is 0 Å². The molecule has 0 spiro atoms. The van der Waals surface area contributed by atoms with E-state index in [9.17, 15) is 17.6 Å². The minimum Gasteiger partial charge on any atom is -0.207 e. The van der Waals surface area contributed by atoms with Crippen LogP contribution in [0.5, 0.6) is 0 Å². The highest BCUT2D eigenvalue weighted by atomic mass is 79.9. The fourth-order valence-electron chi connectivity index (χ4n) is 1.98. The van der Waals surface area contributed by atoms with Crippen LogP contribution < -0.4 is 0 Å². The third-order valence-corrected chi connectivity index (χ3v) is 3.87. The Morgan fingerprint density at radius 1 is 1.05 bits per heavy atom. The minimum atomic E-state index is -4.48. The fraction of sp³-hybridized carbons (Fsp3) is 0.200. The molecule has 0 aliphatic heterocycles. The number of hydrogen-bond acceptors (Lipinski definition) is 0. The molecule has 0 aliphatic carbocycles. The van der Waals surface area contributed by atoms with Crippen molar-refractivity contribution in [1.82, 2.24) is 0 Å². The standard InChI is InChI=1S/C15H10BrClF4/c16-10-3-6-12(13(8-10)15(19,20)21)14(17)7-9-1-4-11(18)5-2-9/h1-6,8,14H,7H2. The Morgan fingerprint density at radius 3 is 2.24 bits per heavy atom. The summed E-state index contributed by atoms with van der Waals surface area (Å²) in [5.74, 6) is -0.399. The first kappa shape index (κ1) is 16.3. The van der Waals surface area contributed by atoms with Crippen LogP contribution in [0.2, 0.25) is 0 Å². The van der Waals surface area contributed by atoms with Gasteiger partial charge in [0, 0.05) is 4.47 Å². The van der Waals surface area contributed by atoms with Gasteiger partial charge in [0.25, 0.3) is 0 Å². The van der Waals surface area contributed by atoms with Gasteiger partial charge < -0.3 is 0 Å². The molecule has 2 rings (SSSR count). The van der Waals surface area contributed by atoms with Crippen LogP contribution in [0.25, 0.3) is 0 Å². The normalized spacial score (nSPS) is 13.2. The highest BCUT2D eigenvalue weighted by molar-refractivity contribution is 9.10. The van der Waals surface area contributed by atoms with Gasteiger partial charge in [0.2, 0.25) is 0 Å². The molecule has 0 radical (unpaired) electrons. The van der Waals surface area contributed by atoms with Crippen LogP contribution in [0, 0.1) is 5.82 Å². The van der Waals surface area contributed by atoms with Crippen molar-refractivity contribution in [2.24, 2.45) is 0 Å². The number of benzene rings is 2. The van der Waals surface area contributed by atoms with Crippen molar-refractivity contribution in [3.05, 3.63) is 69.4 Å². The second kappa shape index (κ2) is 6.36. The molecule has 0 bridgehead atoms. The number of rotatable bonds is 3. The molecule has 1 unspecified atom stereocenters. The summed E-state index contributed by atoms with van der Waals surface area (Å²) in [6.45, 7) is 0. The van der Waals surface area contributed by atoms with Crippen molar-refractivity contribution >= 4 is 27.5 Å². The van der Waals surface area contributed by atoms with Gasteiger partial charge in [-0.05, 0) is 41.8 Å². The fourth-order valence-corrected chi connectivity index (χ4v) is 2.71. The van der Waals surface area contributed by atoms with Crippen LogP contribution in [0.15, 0.2) is 46.9 Å². The third kappa shape index (κ3) is 4.20. The first-order valence-corrected chi connectivity index (χ1v) is 7.25. The molecule has 21 heavy (non-hydrogen) atoms. The summed E-state index contributed by atoms with van der Waals surface area (Å²) in [6, 6.07) is 9.41. The maximum atomic E-state index is 13.1. The Labute approximate surface area is 132 Å². The van der Waals surface area contributed by atoms with Crippen LogP contribution in [-0.4, -0.2) is 0 Å². The van der Waals surface area contributed by atoms with Crippen LogP contribution in [0.3, 0.4) is 0 Å². The molecule has 0 saturated heterocycles. The smallest absolute Gasteiger partial charge is 0.207 e. The zero-order valence-corrected chi connectivity index (χ0v) is 12.9. The van der Waals surface area contributed by atoms with Crippen molar-refractivity contribution in [1.29, 1.82) is 0 Å². The largest absolute Gasteiger partial charge is 0.416 e. The van der Waals surface area contributed by atoms with E-state index in [4.69, 9.17) is 11.6 Å². The maximum Gasteiger partial charge on any atom is 0.416 e. The molecule has 112 valence electrons. The molecule has 0 saturated carbocycles. The van der Waals surface area contributed by atoms with Gasteiger partial charge in [0.1, 0.15) is 5.82 Å². The molecular formula is C15H10BrClF4. The lowest BCUT2D eigenvalue weighted by Crippen LogP contribution is -2.11. The SMILES string of the molecule is Fc1ccc(CC(Cl)c2ccc(Br)cc2C(F)(F)F)cc1. The van der Waals surface area contributed by atoms with Crippen LogP contribution >= 0.6 is 27.5 Å². The van der Waals surface area contributed by atoms with Crippen molar-refractivity contribution in [2.45, 2.75) is 18.0 Å². The van der Waals surface area contributed by atoms with E-state index >= 15 is 0 Å². The van der Waals surface area contributed by atoms with Gasteiger partial charge in [0.05, 0.1) is 10.9 Å². The van der Waals surface area contributed by atoms with Gasteiger partial charge in [-0.25, -0.2) is 4.39 Å². The van der Waals surface area contributed by atoms with Crippen molar-refractivity contribution < 1.29 is 17.6 Å². The Kier molecular flexibility index (Phi) is 4.94. The average Bonchev–Trinajstić information content (AvgIpc) is 2.40. The highest BCUT2D eigenvalue weighted by Gasteiger charge is 2.35. The Hall–Kier alpha value is -1.07. The van der Waals surface area contributed by atoms with Crippen LogP contribution in [0.4, 0.5) is 17.6 Å². The van der Waals surface area contributed by atoms with E-state index in [1.807, 2.05) is 0 Å². The molecule has 0 N–H and O–H groups in total. The lowest BCUT2D eigenvalue weighted by Gasteiger charge is -2.17. The molecule has 0 fully saturated rings. The molecule has 0 aliphatic rings. The zero-order chi connectivity index (χ0) is 15.6. The van der Waals surface area contributed by atoms with Gasteiger partial charge in [-0.1, -0.05) is 34.1 Å². The molecule has 1 atom stereocenters. The molecule has 0 amide bonds. The zero-order valence-electron chi connectivity index (χ0n) is 10.6. The molecule has 0 nitrogen and oxygen atoms in total. The first-order chi connectivity index (χ1) is 9.77. The molecule has 0 aromatic heterocycles. The van der Waals surface area contributed by atoms with Gasteiger partial charge in [-0.15, -0.1) is 11.6 Å². The minimum absolute atomic E-state index is 0.0108. The molecule has 6 heteroatoms. The summed E-state index contributed by atoms with van der Waals surface area (Å²) < 4.78 is 52.3. The van der Waals surface area contributed by atoms with Crippen molar-refractivity contribution in [2.75, 3.05) is 0 Å². The summed E-state index contributed by atoms with van der Waals surface area (Å²) in [6.07, 6.45) is -4.29. The predicted molar refractivity (Wildman–Crippen MR) is 77.8 cm³/mol. The van der Waals surface area contributed by atoms with Crippen molar-refractivity contribution in [3.8, 4) is 0 Å². The molecule has 2 aromatic rings. The summed E-state index contributed by atoms with van der Waals surface area (Å²) in [4.78, 5) is 0. The first-order valence-electron chi connectivity index (χ1n) is 6.02. The lowest BCUT2D eigenvalue weighted by atomic mass is 9.99. The van der Waals surface area contributed by atoms with Crippen LogP contribution in [-0.2, 0) is 12.6 Å². The third-order valence-electron chi connectivity index (χ3n) is 2.99. The summed E-state index contributed by atoms with van der Waals surface area (Å²) in [5.41, 5.74) is -0.0804. The van der Waals surface area contributed by atoms with E-state index < -0.39 is 22.9 Å². The molecule has 2 aromatic carbocycles. The van der Waals surface area contributed by atoms with E-state index in [0.717, 1.165) is 6.07 Å². The number of alkyl halides is 4. The Balaban J connectivity index is 2.30. The van der Waals surface area contributed by atoms with Gasteiger partial charge in [-0.3, -0.25) is 0 Å². The van der Waals surface area contributed by atoms with E-state index in [2.05, 4.69) is 15.9 Å². The summed E-state index contributed by atoms with van der Waals surface area (Å²) >= 11 is 9.16. The van der Waals surface area contributed by atoms with Gasteiger partial charge in [-0.2, -0.15) is 13.2 Å². The van der Waals surface area contributed by atoms with Gasteiger partial charge >= 0.3 is 6.18 Å². The Bertz CT molecular complexity index is 623. The maximum absolute atomic E-state index is 13.1. The summed E-state index contributed by atoms with van der Waals surface area (Å²) in [5, 5.41) is -0.847. The van der Waals surface area contributed by atoms with E-state index in [0.29, 0.717) is 10.0 Å². The Morgan fingerprint density at radius 2 is 1.67 bits per heavy atom. The van der Waals surface area contributed by atoms with E-state index in [1.165, 1.54) is 36.4 Å². The lowest BCUT2D eigenvalue weighted by molar-refractivity contribution is -0.138. The van der Waals surface area contributed by atoms with E-state index in [-0.39, 0.29) is 12.0 Å². The van der Waals surface area contributed by atoms with Crippen molar-refractivity contribution in [3.63, 3.8) is 0 Å². The highest BCUT2D eigenvalue weighted by Crippen LogP contribution is 2.39. The monoisotopic (exact) mass is 380 g/mol. The predicted octanol–water partition coefficient (Wildman–Crippen LogP) is 6.13. The topological polar surface area (TPSA) is 0 Å².